The number of methoxy groups -OCH3 is 1. The Kier molecular flexibility index (Phi) is 2.85. The van der Waals surface area contributed by atoms with Crippen molar-refractivity contribution >= 4 is 11.8 Å². The van der Waals surface area contributed by atoms with Gasteiger partial charge in [-0.1, -0.05) is 0 Å². The summed E-state index contributed by atoms with van der Waals surface area (Å²) in [6.45, 7) is 0. The van der Waals surface area contributed by atoms with Crippen LogP contribution in [0.25, 0.3) is 0 Å². The highest BCUT2D eigenvalue weighted by molar-refractivity contribution is 5.93. The molecule has 0 atom stereocenters. The van der Waals surface area contributed by atoms with E-state index >= 15 is 0 Å². The van der Waals surface area contributed by atoms with Crippen LogP contribution in [0.1, 0.15) is 10.4 Å². The SMILES string of the molecule is COc1cc(C(=O)O)c(N(C)C)nn1. The van der Waals surface area contributed by atoms with Gasteiger partial charge in [-0.3, -0.25) is 0 Å². The minimum Gasteiger partial charge on any atom is -0.480 e. The number of carbonyl (C=O) groups is 1. The van der Waals surface area contributed by atoms with E-state index in [1.807, 2.05) is 0 Å². The Morgan fingerprint density at radius 2 is 2.14 bits per heavy atom. The van der Waals surface area contributed by atoms with E-state index in [0.29, 0.717) is 5.82 Å². The average molecular weight is 197 g/mol. The number of carboxylic acid groups (broad SMARTS) is 1. The molecular weight excluding hydrogens is 186 g/mol. The van der Waals surface area contributed by atoms with Gasteiger partial charge in [-0.2, -0.15) is 0 Å². The van der Waals surface area contributed by atoms with Gasteiger partial charge in [0.05, 0.1) is 7.11 Å². The van der Waals surface area contributed by atoms with Gasteiger partial charge in [0, 0.05) is 20.2 Å². The van der Waals surface area contributed by atoms with Crippen molar-refractivity contribution in [1.82, 2.24) is 10.2 Å². The molecule has 0 fully saturated rings. The normalized spacial score (nSPS) is 9.64. The van der Waals surface area contributed by atoms with Gasteiger partial charge >= 0.3 is 5.97 Å². The van der Waals surface area contributed by atoms with Crippen LogP contribution >= 0.6 is 0 Å². The first-order valence-electron chi connectivity index (χ1n) is 3.88. The minimum atomic E-state index is -1.05. The number of aromatic carboxylic acids is 1. The van der Waals surface area contributed by atoms with Crippen LogP contribution in [-0.4, -0.2) is 42.5 Å². The Morgan fingerprint density at radius 3 is 2.57 bits per heavy atom. The molecule has 1 rings (SSSR count). The Morgan fingerprint density at radius 1 is 1.50 bits per heavy atom. The average Bonchev–Trinajstić information content (AvgIpc) is 2.16. The lowest BCUT2D eigenvalue weighted by Crippen LogP contribution is -2.16. The largest absolute Gasteiger partial charge is 0.480 e. The number of hydrogen-bond donors (Lipinski definition) is 1. The van der Waals surface area contributed by atoms with Crippen LogP contribution in [0.15, 0.2) is 6.07 Å². The van der Waals surface area contributed by atoms with Crippen molar-refractivity contribution in [2.75, 3.05) is 26.1 Å². The van der Waals surface area contributed by atoms with Crippen LogP contribution in [0.2, 0.25) is 0 Å². The molecule has 0 spiro atoms. The quantitative estimate of drug-likeness (QED) is 0.748. The van der Waals surface area contributed by atoms with Crippen LogP contribution in [0, 0.1) is 0 Å². The number of anilines is 1. The van der Waals surface area contributed by atoms with Crippen LogP contribution in [0.3, 0.4) is 0 Å². The first-order valence-corrected chi connectivity index (χ1v) is 3.88. The molecule has 0 aliphatic rings. The van der Waals surface area contributed by atoms with E-state index in [1.54, 1.807) is 19.0 Å². The second-order valence-corrected chi connectivity index (χ2v) is 2.82. The zero-order valence-corrected chi connectivity index (χ0v) is 8.18. The summed E-state index contributed by atoms with van der Waals surface area (Å²) in [5, 5.41) is 16.3. The Labute approximate surface area is 81.1 Å². The molecular formula is C8H11N3O3. The van der Waals surface area contributed by atoms with Crippen molar-refractivity contribution in [3.63, 3.8) is 0 Å². The van der Waals surface area contributed by atoms with Crippen molar-refractivity contribution in [1.29, 1.82) is 0 Å². The zero-order chi connectivity index (χ0) is 10.7. The molecule has 76 valence electrons. The molecule has 0 saturated carbocycles. The first kappa shape index (κ1) is 10.2. The second kappa shape index (κ2) is 3.91. The van der Waals surface area contributed by atoms with E-state index in [2.05, 4.69) is 10.2 Å². The van der Waals surface area contributed by atoms with Gasteiger partial charge < -0.3 is 14.7 Å². The number of rotatable bonds is 3. The number of aromatic nitrogens is 2. The molecule has 0 bridgehead atoms. The van der Waals surface area contributed by atoms with E-state index in [0.717, 1.165) is 0 Å². The van der Waals surface area contributed by atoms with Crippen molar-refractivity contribution in [3.8, 4) is 5.88 Å². The molecule has 0 amide bonds. The lowest BCUT2D eigenvalue weighted by Gasteiger charge is -2.13. The number of ether oxygens (including phenoxy) is 1. The molecule has 1 aromatic heterocycles. The summed E-state index contributed by atoms with van der Waals surface area (Å²) in [7, 11) is 4.80. The van der Waals surface area contributed by atoms with Gasteiger partial charge in [0.15, 0.2) is 5.82 Å². The van der Waals surface area contributed by atoms with Crippen molar-refractivity contribution < 1.29 is 14.6 Å². The Balaban J connectivity index is 3.24. The Hall–Kier alpha value is -1.85. The summed E-state index contributed by atoms with van der Waals surface area (Å²) in [5.41, 5.74) is 0.0712. The van der Waals surface area contributed by atoms with Gasteiger partial charge in [-0.05, 0) is 0 Å². The standard InChI is InChI=1S/C8H11N3O3/c1-11(2)7-5(8(12)13)4-6(14-3)9-10-7/h4H,1-3H3,(H,12,13). The molecule has 1 heterocycles. The van der Waals surface area contributed by atoms with Crippen molar-refractivity contribution in [2.45, 2.75) is 0 Å². The van der Waals surface area contributed by atoms with Gasteiger partial charge in [-0.25, -0.2) is 4.79 Å². The summed E-state index contributed by atoms with van der Waals surface area (Å²) in [6.07, 6.45) is 0. The molecule has 1 N–H and O–H groups in total. The fourth-order valence-electron chi connectivity index (χ4n) is 0.955. The third-order valence-electron chi connectivity index (χ3n) is 1.62. The third kappa shape index (κ3) is 1.90. The minimum absolute atomic E-state index is 0.0712. The third-order valence-corrected chi connectivity index (χ3v) is 1.62. The predicted octanol–water partition coefficient (Wildman–Crippen LogP) is 0.249. The molecule has 14 heavy (non-hydrogen) atoms. The van der Waals surface area contributed by atoms with Gasteiger partial charge in [0.2, 0.25) is 5.88 Å². The Bertz CT molecular complexity index is 352. The molecule has 6 heteroatoms. The molecule has 0 aliphatic heterocycles. The highest BCUT2D eigenvalue weighted by atomic mass is 16.5. The molecule has 0 radical (unpaired) electrons. The van der Waals surface area contributed by atoms with Crippen LogP contribution in [0.4, 0.5) is 5.82 Å². The summed E-state index contributed by atoms with van der Waals surface area (Å²) < 4.78 is 4.78. The fourth-order valence-corrected chi connectivity index (χ4v) is 0.955. The highest BCUT2D eigenvalue weighted by Gasteiger charge is 2.15. The van der Waals surface area contributed by atoms with Gasteiger partial charge in [0.1, 0.15) is 5.56 Å². The molecule has 0 saturated heterocycles. The summed E-state index contributed by atoms with van der Waals surface area (Å²) in [5.74, 6) is -0.562. The zero-order valence-electron chi connectivity index (χ0n) is 8.18. The van der Waals surface area contributed by atoms with E-state index in [1.165, 1.54) is 13.2 Å². The second-order valence-electron chi connectivity index (χ2n) is 2.82. The molecule has 0 aliphatic carbocycles. The van der Waals surface area contributed by atoms with E-state index < -0.39 is 5.97 Å². The van der Waals surface area contributed by atoms with E-state index in [-0.39, 0.29) is 11.4 Å². The van der Waals surface area contributed by atoms with Crippen molar-refractivity contribution in [3.05, 3.63) is 11.6 Å². The first-order chi connectivity index (χ1) is 6.56. The van der Waals surface area contributed by atoms with Crippen molar-refractivity contribution in [2.24, 2.45) is 0 Å². The molecule has 6 nitrogen and oxygen atoms in total. The monoisotopic (exact) mass is 197 g/mol. The van der Waals surface area contributed by atoms with E-state index in [4.69, 9.17) is 9.84 Å². The topological polar surface area (TPSA) is 75.6 Å². The maximum atomic E-state index is 10.8. The number of carboxylic acids is 1. The lowest BCUT2D eigenvalue weighted by atomic mass is 10.2. The maximum Gasteiger partial charge on any atom is 0.339 e. The number of nitrogens with zero attached hydrogens (tertiary/aromatic N) is 3. The predicted molar refractivity (Wildman–Crippen MR) is 49.9 cm³/mol. The summed E-state index contributed by atoms with van der Waals surface area (Å²) >= 11 is 0. The molecule has 1 aromatic rings. The number of hydrogen-bond acceptors (Lipinski definition) is 5. The van der Waals surface area contributed by atoms with Crippen LogP contribution < -0.4 is 9.64 Å². The van der Waals surface area contributed by atoms with Crippen LogP contribution in [0.5, 0.6) is 5.88 Å². The summed E-state index contributed by atoms with van der Waals surface area (Å²) in [4.78, 5) is 12.4. The van der Waals surface area contributed by atoms with Gasteiger partial charge in [0.25, 0.3) is 0 Å². The smallest absolute Gasteiger partial charge is 0.339 e. The van der Waals surface area contributed by atoms with Gasteiger partial charge in [-0.15, -0.1) is 10.2 Å². The van der Waals surface area contributed by atoms with E-state index in [9.17, 15) is 4.79 Å². The fraction of sp³-hybridized carbons (Fsp3) is 0.375. The molecule has 0 aromatic carbocycles. The molecule has 0 unspecified atom stereocenters. The maximum absolute atomic E-state index is 10.8. The summed E-state index contributed by atoms with van der Waals surface area (Å²) in [6, 6.07) is 1.34. The lowest BCUT2D eigenvalue weighted by molar-refractivity contribution is 0.0696. The van der Waals surface area contributed by atoms with Crippen LogP contribution in [-0.2, 0) is 0 Å². The highest BCUT2D eigenvalue weighted by Crippen LogP contribution is 2.18.